The summed E-state index contributed by atoms with van der Waals surface area (Å²) in [6, 6.07) is 11.3. The van der Waals surface area contributed by atoms with Crippen LogP contribution in [0.3, 0.4) is 0 Å². The average molecular weight is 301 g/mol. The molecule has 21 heavy (non-hydrogen) atoms. The van der Waals surface area contributed by atoms with Gasteiger partial charge in [-0.25, -0.2) is 4.39 Å². The van der Waals surface area contributed by atoms with Crippen molar-refractivity contribution < 1.29 is 9.18 Å². The van der Waals surface area contributed by atoms with Crippen molar-refractivity contribution in [3.63, 3.8) is 0 Å². The van der Waals surface area contributed by atoms with Crippen molar-refractivity contribution in [2.24, 2.45) is 0 Å². The third kappa shape index (κ3) is 2.47. The molecule has 0 radical (unpaired) electrons. The Hall–Kier alpha value is -1.73. The Balaban J connectivity index is 2.09. The lowest BCUT2D eigenvalue weighted by Crippen LogP contribution is -2.28. The zero-order valence-electron chi connectivity index (χ0n) is 11.9. The molecule has 0 aliphatic carbocycles. The highest BCUT2D eigenvalue weighted by molar-refractivity contribution is 7.28. The minimum atomic E-state index is -0.272. The van der Waals surface area contributed by atoms with Gasteiger partial charge in [0, 0.05) is 23.8 Å². The molecule has 1 fully saturated rings. The molecule has 2 aromatic carbocycles. The highest BCUT2D eigenvalue weighted by Crippen LogP contribution is 2.30. The zero-order chi connectivity index (χ0) is 15.0. The molecule has 108 valence electrons. The second-order valence-corrected chi connectivity index (χ2v) is 5.90. The Kier molecular flexibility index (Phi) is 3.77. The Morgan fingerprint density at radius 3 is 2.57 bits per heavy atom. The van der Waals surface area contributed by atoms with Gasteiger partial charge in [-0.2, -0.15) is 0 Å². The first-order chi connectivity index (χ1) is 10.1. The maximum Gasteiger partial charge on any atom is 0.227 e. The maximum atomic E-state index is 14.7. The number of aryl methyl sites for hydroxylation is 1. The number of amides is 1. The number of halogens is 1. The highest BCUT2D eigenvalue weighted by atomic mass is 31.0. The Morgan fingerprint density at radius 1 is 1.14 bits per heavy atom. The Bertz CT molecular complexity index is 714. The van der Waals surface area contributed by atoms with Gasteiger partial charge in [0.25, 0.3) is 0 Å². The van der Waals surface area contributed by atoms with E-state index in [1.54, 1.807) is 11.0 Å². The van der Waals surface area contributed by atoms with Gasteiger partial charge >= 0.3 is 0 Å². The summed E-state index contributed by atoms with van der Waals surface area (Å²) < 4.78 is 14.7. The van der Waals surface area contributed by atoms with E-state index in [1.807, 2.05) is 37.3 Å². The molecule has 0 aromatic heterocycles. The zero-order valence-corrected chi connectivity index (χ0v) is 13.1. The summed E-state index contributed by atoms with van der Waals surface area (Å²) in [6.45, 7) is 2.64. The van der Waals surface area contributed by atoms with Gasteiger partial charge < -0.3 is 4.90 Å². The number of carbonyl (C=O) groups excluding carboxylic acids is 1. The largest absolute Gasteiger partial charge is 0.312 e. The predicted octanol–water partition coefficient (Wildman–Crippen LogP) is 3.43. The van der Waals surface area contributed by atoms with E-state index in [2.05, 4.69) is 9.24 Å². The molecular weight excluding hydrogens is 284 g/mol. The first-order valence-corrected chi connectivity index (χ1v) is 7.61. The van der Waals surface area contributed by atoms with E-state index in [0.717, 1.165) is 17.5 Å². The molecule has 1 aliphatic rings. The standard InChI is InChI=1S/C17H17FNOP/c1-11-5-2-3-6-12(11)13-8-9-14(17(21)16(13)18)19-10-4-7-15(19)20/h2-3,5-6,8-9H,4,7,10,21H2,1H3. The van der Waals surface area contributed by atoms with E-state index in [-0.39, 0.29) is 11.7 Å². The van der Waals surface area contributed by atoms with Gasteiger partial charge in [-0.15, -0.1) is 9.24 Å². The van der Waals surface area contributed by atoms with Crippen LogP contribution < -0.4 is 10.2 Å². The van der Waals surface area contributed by atoms with Crippen LogP contribution in [-0.2, 0) is 4.79 Å². The maximum absolute atomic E-state index is 14.7. The van der Waals surface area contributed by atoms with Crippen LogP contribution in [0.5, 0.6) is 0 Å². The van der Waals surface area contributed by atoms with Gasteiger partial charge in [-0.05, 0) is 36.6 Å². The van der Waals surface area contributed by atoms with Crippen LogP contribution in [0.1, 0.15) is 18.4 Å². The summed E-state index contributed by atoms with van der Waals surface area (Å²) >= 11 is 0. The van der Waals surface area contributed by atoms with Gasteiger partial charge in [0.15, 0.2) is 0 Å². The van der Waals surface area contributed by atoms with Crippen LogP contribution in [0.15, 0.2) is 36.4 Å². The number of hydrogen-bond donors (Lipinski definition) is 0. The van der Waals surface area contributed by atoms with Crippen LogP contribution in [0, 0.1) is 12.7 Å². The number of benzene rings is 2. The van der Waals surface area contributed by atoms with Crippen molar-refractivity contribution in [2.75, 3.05) is 11.4 Å². The van der Waals surface area contributed by atoms with Crippen molar-refractivity contribution in [3.05, 3.63) is 47.8 Å². The molecule has 0 saturated carbocycles. The number of anilines is 1. The second kappa shape index (κ2) is 5.57. The van der Waals surface area contributed by atoms with Crippen molar-refractivity contribution >= 4 is 26.1 Å². The van der Waals surface area contributed by atoms with Gasteiger partial charge in [0.2, 0.25) is 5.91 Å². The minimum absolute atomic E-state index is 0.0711. The molecule has 1 heterocycles. The lowest BCUT2D eigenvalue weighted by atomic mass is 9.99. The predicted molar refractivity (Wildman–Crippen MR) is 87.5 cm³/mol. The fourth-order valence-electron chi connectivity index (χ4n) is 2.80. The highest BCUT2D eigenvalue weighted by Gasteiger charge is 2.25. The molecule has 0 bridgehead atoms. The smallest absolute Gasteiger partial charge is 0.227 e. The number of hydrogen-bond acceptors (Lipinski definition) is 1. The third-order valence-electron chi connectivity index (χ3n) is 3.96. The molecule has 1 atom stereocenters. The van der Waals surface area contributed by atoms with Crippen LogP contribution in [-0.4, -0.2) is 12.5 Å². The molecular formula is C17H17FNOP. The monoisotopic (exact) mass is 301 g/mol. The van der Waals surface area contributed by atoms with E-state index in [0.29, 0.717) is 29.5 Å². The lowest BCUT2D eigenvalue weighted by Gasteiger charge is -2.20. The Morgan fingerprint density at radius 2 is 1.90 bits per heavy atom. The number of carbonyl (C=O) groups is 1. The molecule has 3 rings (SSSR count). The lowest BCUT2D eigenvalue weighted by molar-refractivity contribution is -0.117. The number of nitrogens with zero attached hydrogens (tertiary/aromatic N) is 1. The summed E-state index contributed by atoms with van der Waals surface area (Å²) in [4.78, 5) is 13.5. The minimum Gasteiger partial charge on any atom is -0.312 e. The summed E-state index contributed by atoms with van der Waals surface area (Å²) in [5, 5.41) is 0.464. The molecule has 1 amide bonds. The molecule has 1 aliphatic heterocycles. The number of rotatable bonds is 2. The van der Waals surface area contributed by atoms with Crippen molar-refractivity contribution in [3.8, 4) is 11.1 Å². The molecule has 0 spiro atoms. The normalized spacial score (nSPS) is 14.8. The quantitative estimate of drug-likeness (QED) is 0.778. The summed E-state index contributed by atoms with van der Waals surface area (Å²) in [6.07, 6.45) is 1.38. The topological polar surface area (TPSA) is 20.3 Å². The van der Waals surface area contributed by atoms with Gasteiger partial charge in [-0.1, -0.05) is 24.3 Å². The van der Waals surface area contributed by atoms with E-state index >= 15 is 0 Å². The van der Waals surface area contributed by atoms with Gasteiger partial charge in [-0.3, -0.25) is 4.79 Å². The fourth-order valence-corrected chi connectivity index (χ4v) is 3.21. The van der Waals surface area contributed by atoms with Gasteiger partial charge in [0.05, 0.1) is 5.69 Å². The van der Waals surface area contributed by atoms with E-state index in [4.69, 9.17) is 0 Å². The summed E-state index contributed by atoms with van der Waals surface area (Å²) in [5.41, 5.74) is 3.16. The van der Waals surface area contributed by atoms with Crippen LogP contribution in [0.25, 0.3) is 11.1 Å². The molecule has 1 unspecified atom stereocenters. The SMILES string of the molecule is Cc1ccccc1-c1ccc(N2CCCC2=O)c(P)c1F. The summed E-state index contributed by atoms with van der Waals surface area (Å²) in [5.74, 6) is -0.201. The van der Waals surface area contributed by atoms with E-state index in [9.17, 15) is 9.18 Å². The van der Waals surface area contributed by atoms with E-state index in [1.165, 1.54) is 0 Å². The molecule has 2 aromatic rings. The fraction of sp³-hybridized carbons (Fsp3) is 0.235. The molecule has 0 N–H and O–H groups in total. The van der Waals surface area contributed by atoms with Crippen molar-refractivity contribution in [1.29, 1.82) is 0 Å². The molecule has 4 heteroatoms. The Labute approximate surface area is 126 Å². The summed E-state index contributed by atoms with van der Waals surface area (Å²) in [7, 11) is 2.45. The van der Waals surface area contributed by atoms with Gasteiger partial charge in [0.1, 0.15) is 5.82 Å². The van der Waals surface area contributed by atoms with Crippen molar-refractivity contribution in [2.45, 2.75) is 19.8 Å². The first kappa shape index (κ1) is 14.2. The average Bonchev–Trinajstić information content (AvgIpc) is 2.89. The van der Waals surface area contributed by atoms with E-state index < -0.39 is 0 Å². The molecule has 1 saturated heterocycles. The first-order valence-electron chi connectivity index (χ1n) is 7.04. The van der Waals surface area contributed by atoms with Crippen LogP contribution in [0.4, 0.5) is 10.1 Å². The van der Waals surface area contributed by atoms with Crippen LogP contribution in [0.2, 0.25) is 0 Å². The second-order valence-electron chi connectivity index (χ2n) is 5.32. The third-order valence-corrected chi connectivity index (χ3v) is 4.51. The molecule has 2 nitrogen and oxygen atoms in total. The van der Waals surface area contributed by atoms with Crippen LogP contribution >= 0.6 is 9.24 Å². The van der Waals surface area contributed by atoms with Crippen molar-refractivity contribution in [1.82, 2.24) is 0 Å².